The van der Waals surface area contributed by atoms with Crippen LogP contribution in [0.2, 0.25) is 0 Å². The molecule has 0 radical (unpaired) electrons. The largest absolute Gasteiger partial charge is 0.496 e. The first-order valence-electron chi connectivity index (χ1n) is 6.22. The number of Topliss-reactive ketones (excluding diaryl/α,β-unsaturated/α-hetero) is 1. The highest BCUT2D eigenvalue weighted by atomic mass is 16.5. The van der Waals surface area contributed by atoms with Gasteiger partial charge in [0, 0.05) is 0 Å². The van der Waals surface area contributed by atoms with Crippen molar-refractivity contribution in [2.45, 2.75) is 12.0 Å². The average molecular weight is 326 g/mol. The molecule has 0 aliphatic carbocycles. The van der Waals surface area contributed by atoms with E-state index in [0.717, 1.165) is 0 Å². The maximum absolute atomic E-state index is 12.4. The van der Waals surface area contributed by atoms with Gasteiger partial charge in [0.15, 0.2) is 17.3 Å². The molecule has 2 atom stereocenters. The fourth-order valence-electron chi connectivity index (χ4n) is 2.07. The van der Waals surface area contributed by atoms with E-state index in [0.29, 0.717) is 0 Å². The molecule has 4 N–H and O–H groups in total. The van der Waals surface area contributed by atoms with E-state index < -0.39 is 41.6 Å². The van der Waals surface area contributed by atoms with E-state index in [-0.39, 0.29) is 11.3 Å². The molecule has 124 valence electrons. The number of carbonyl (C=O) groups excluding carboxylic acids is 1. The molecule has 0 fully saturated rings. The molecule has 0 bridgehead atoms. The van der Waals surface area contributed by atoms with Crippen molar-refractivity contribution in [1.82, 2.24) is 0 Å². The second-order valence-electron chi connectivity index (χ2n) is 4.64. The van der Waals surface area contributed by atoms with Crippen molar-refractivity contribution >= 4 is 23.7 Å². The number of rotatable bonds is 8. The first kappa shape index (κ1) is 18.1. The Morgan fingerprint density at radius 2 is 1.70 bits per heavy atom. The summed E-state index contributed by atoms with van der Waals surface area (Å²) in [6.07, 6.45) is -1.46. The van der Waals surface area contributed by atoms with Gasteiger partial charge in [0.2, 0.25) is 0 Å². The SMILES string of the molecule is COc1ccccc1C(=O)C(C(=O)O)C(O)(CC(=O)O)C(=O)O. The van der Waals surface area contributed by atoms with Crippen LogP contribution in [0.4, 0.5) is 0 Å². The van der Waals surface area contributed by atoms with Gasteiger partial charge in [-0.1, -0.05) is 12.1 Å². The van der Waals surface area contributed by atoms with Gasteiger partial charge in [-0.3, -0.25) is 14.4 Å². The van der Waals surface area contributed by atoms with Crippen molar-refractivity contribution in [3.05, 3.63) is 29.8 Å². The van der Waals surface area contributed by atoms with Crippen LogP contribution in [0.25, 0.3) is 0 Å². The zero-order chi connectivity index (χ0) is 17.8. The summed E-state index contributed by atoms with van der Waals surface area (Å²) in [7, 11) is 1.21. The number of carboxylic acids is 3. The van der Waals surface area contributed by atoms with Crippen LogP contribution in [0.5, 0.6) is 5.75 Å². The Balaban J connectivity index is 3.45. The summed E-state index contributed by atoms with van der Waals surface area (Å²) in [5.74, 6) is -9.70. The number of carboxylic acid groups (broad SMARTS) is 3. The lowest BCUT2D eigenvalue weighted by Crippen LogP contribution is -2.54. The summed E-state index contributed by atoms with van der Waals surface area (Å²) < 4.78 is 4.89. The normalized spacial score (nSPS) is 14.3. The van der Waals surface area contributed by atoms with Gasteiger partial charge in [-0.05, 0) is 12.1 Å². The van der Waals surface area contributed by atoms with E-state index in [4.69, 9.17) is 14.9 Å². The van der Waals surface area contributed by atoms with Gasteiger partial charge in [-0.15, -0.1) is 0 Å². The molecule has 23 heavy (non-hydrogen) atoms. The lowest BCUT2D eigenvalue weighted by molar-refractivity contribution is -0.175. The highest BCUT2D eigenvalue weighted by Gasteiger charge is 2.54. The van der Waals surface area contributed by atoms with Crippen LogP contribution in [0.1, 0.15) is 16.8 Å². The number of hydrogen-bond donors (Lipinski definition) is 4. The molecule has 9 nitrogen and oxygen atoms in total. The maximum Gasteiger partial charge on any atom is 0.337 e. The Labute approximate surface area is 129 Å². The Morgan fingerprint density at radius 1 is 1.13 bits per heavy atom. The number of benzene rings is 1. The summed E-state index contributed by atoms with van der Waals surface area (Å²) in [5, 5.41) is 37.0. The van der Waals surface area contributed by atoms with Crippen molar-refractivity contribution in [3.63, 3.8) is 0 Å². The smallest absolute Gasteiger partial charge is 0.337 e. The van der Waals surface area contributed by atoms with Crippen LogP contribution in [0, 0.1) is 5.92 Å². The van der Waals surface area contributed by atoms with Gasteiger partial charge in [0.25, 0.3) is 0 Å². The number of aliphatic hydroxyl groups is 1. The van der Waals surface area contributed by atoms with Gasteiger partial charge in [-0.25, -0.2) is 4.79 Å². The molecule has 0 amide bonds. The Hall–Kier alpha value is -2.94. The van der Waals surface area contributed by atoms with Gasteiger partial charge in [0.1, 0.15) is 5.75 Å². The van der Waals surface area contributed by atoms with Gasteiger partial charge in [0.05, 0.1) is 19.1 Å². The number of hydrogen-bond acceptors (Lipinski definition) is 6. The summed E-state index contributed by atoms with van der Waals surface area (Å²) >= 11 is 0. The fraction of sp³-hybridized carbons (Fsp3) is 0.286. The summed E-state index contributed by atoms with van der Waals surface area (Å²) in [4.78, 5) is 45.8. The van der Waals surface area contributed by atoms with Gasteiger partial charge >= 0.3 is 17.9 Å². The molecular weight excluding hydrogens is 312 g/mol. The van der Waals surface area contributed by atoms with Crippen molar-refractivity contribution in [3.8, 4) is 5.75 Å². The number of ketones is 1. The van der Waals surface area contributed by atoms with E-state index in [1.54, 1.807) is 0 Å². The molecule has 0 aliphatic heterocycles. The third-order valence-corrected chi connectivity index (χ3v) is 3.15. The first-order valence-corrected chi connectivity index (χ1v) is 6.22. The molecular formula is C14H14O9. The van der Waals surface area contributed by atoms with Crippen LogP contribution in [-0.2, 0) is 14.4 Å². The van der Waals surface area contributed by atoms with E-state index in [1.807, 2.05) is 0 Å². The number of carbonyl (C=O) groups is 4. The number of para-hydroxylation sites is 1. The summed E-state index contributed by atoms with van der Waals surface area (Å²) in [6, 6.07) is 5.39. The Kier molecular flexibility index (Phi) is 5.42. The third-order valence-electron chi connectivity index (χ3n) is 3.15. The van der Waals surface area contributed by atoms with Crippen LogP contribution < -0.4 is 4.74 Å². The second kappa shape index (κ2) is 6.88. The number of aliphatic carboxylic acids is 3. The first-order chi connectivity index (χ1) is 10.6. The fourth-order valence-corrected chi connectivity index (χ4v) is 2.07. The molecule has 0 saturated heterocycles. The highest BCUT2D eigenvalue weighted by Crippen LogP contribution is 2.30. The lowest BCUT2D eigenvalue weighted by atomic mass is 9.79. The lowest BCUT2D eigenvalue weighted by Gasteiger charge is -2.27. The minimum atomic E-state index is -3.31. The van der Waals surface area contributed by atoms with Crippen LogP contribution in [0.3, 0.4) is 0 Å². The predicted molar refractivity (Wildman–Crippen MR) is 73.3 cm³/mol. The predicted octanol–water partition coefficient (Wildman–Crippen LogP) is -0.131. The molecule has 0 aliphatic rings. The monoisotopic (exact) mass is 326 g/mol. The standard InChI is InChI=1S/C14H14O9/c1-23-8-5-3-2-4-7(8)11(17)10(12(18)19)14(22,13(20)21)6-9(15)16/h2-5,10,22H,6H2,1H3,(H,15,16)(H,18,19)(H,20,21). The van der Waals surface area contributed by atoms with Crippen molar-refractivity contribution in [1.29, 1.82) is 0 Å². The minimum absolute atomic E-state index is 0.0354. The highest BCUT2D eigenvalue weighted by molar-refractivity contribution is 6.13. The van der Waals surface area contributed by atoms with Crippen LogP contribution >= 0.6 is 0 Å². The third kappa shape index (κ3) is 3.64. The molecule has 1 aromatic carbocycles. The minimum Gasteiger partial charge on any atom is -0.496 e. The molecule has 0 saturated carbocycles. The topological polar surface area (TPSA) is 158 Å². The van der Waals surface area contributed by atoms with Crippen molar-refractivity contribution in [2.75, 3.05) is 7.11 Å². The summed E-state index contributed by atoms with van der Waals surface area (Å²) in [5.41, 5.74) is -3.59. The van der Waals surface area contributed by atoms with Crippen molar-refractivity contribution in [2.24, 2.45) is 5.92 Å². The molecule has 9 heteroatoms. The van der Waals surface area contributed by atoms with Crippen LogP contribution in [0.15, 0.2) is 24.3 Å². The van der Waals surface area contributed by atoms with Crippen molar-refractivity contribution < 1.29 is 44.3 Å². The Morgan fingerprint density at radius 3 is 2.13 bits per heavy atom. The number of ether oxygens (including phenoxy) is 1. The second-order valence-corrected chi connectivity index (χ2v) is 4.64. The zero-order valence-electron chi connectivity index (χ0n) is 11.9. The molecule has 1 rings (SSSR count). The molecule has 2 unspecified atom stereocenters. The van der Waals surface area contributed by atoms with E-state index in [9.17, 15) is 29.4 Å². The van der Waals surface area contributed by atoms with E-state index in [2.05, 4.69) is 0 Å². The van der Waals surface area contributed by atoms with Gasteiger partial charge < -0.3 is 25.2 Å². The molecule has 0 heterocycles. The number of methoxy groups -OCH3 is 1. The molecule has 1 aromatic rings. The van der Waals surface area contributed by atoms with E-state index in [1.165, 1.54) is 31.4 Å². The Bertz CT molecular complexity index is 651. The molecule has 0 spiro atoms. The quantitative estimate of drug-likeness (QED) is 0.377. The van der Waals surface area contributed by atoms with Gasteiger partial charge in [-0.2, -0.15) is 0 Å². The van der Waals surface area contributed by atoms with Crippen LogP contribution in [-0.4, -0.2) is 56.8 Å². The summed E-state index contributed by atoms with van der Waals surface area (Å²) in [6.45, 7) is 0. The molecule has 0 aromatic heterocycles. The van der Waals surface area contributed by atoms with E-state index >= 15 is 0 Å². The zero-order valence-corrected chi connectivity index (χ0v) is 11.9. The average Bonchev–Trinajstić information content (AvgIpc) is 2.45. The maximum atomic E-state index is 12.4.